The fraction of sp³-hybridized carbons (Fsp3) is 0.417. The molecule has 0 unspecified atom stereocenters. The van der Waals surface area contributed by atoms with E-state index in [0.29, 0.717) is 18.0 Å². The topological polar surface area (TPSA) is 56.8 Å². The van der Waals surface area contributed by atoms with E-state index in [1.165, 1.54) is 7.11 Å². The molecule has 0 aliphatic carbocycles. The third-order valence-electron chi connectivity index (χ3n) is 2.27. The van der Waals surface area contributed by atoms with E-state index >= 15 is 0 Å². The lowest BCUT2D eigenvalue weighted by molar-refractivity contribution is -0.139. The summed E-state index contributed by atoms with van der Waals surface area (Å²) in [5.41, 5.74) is 1.01. The summed E-state index contributed by atoms with van der Waals surface area (Å²) >= 11 is 0. The predicted molar refractivity (Wildman–Crippen MR) is 70.5 cm³/mol. The third-order valence-corrected chi connectivity index (χ3v) is 2.27. The summed E-state index contributed by atoms with van der Waals surface area (Å²) in [5, 5.41) is 2.97. The van der Waals surface area contributed by atoms with Crippen LogP contribution in [0, 0.1) is 0 Å². The van der Waals surface area contributed by atoms with Crippen LogP contribution in [-0.2, 0) is 16.1 Å². The first kappa shape index (κ1) is 16.5. The summed E-state index contributed by atoms with van der Waals surface area (Å²) in [6, 6.07) is 5.60. The molecule has 0 saturated heterocycles. The van der Waals surface area contributed by atoms with Gasteiger partial charge in [-0.1, -0.05) is 6.07 Å². The Morgan fingerprint density at radius 3 is 2.39 bits per heavy atom. The molecule has 0 atom stereocenters. The molecule has 18 heavy (non-hydrogen) atoms. The monoisotopic (exact) mass is 275 g/mol. The zero-order valence-corrected chi connectivity index (χ0v) is 11.5. The fourth-order valence-corrected chi connectivity index (χ4v) is 1.37. The van der Waals surface area contributed by atoms with Crippen molar-refractivity contribution < 1.29 is 19.0 Å². The van der Waals surface area contributed by atoms with Crippen LogP contribution in [0.1, 0.15) is 5.56 Å². The average Bonchev–Trinajstić information content (AvgIpc) is 2.38. The largest absolute Gasteiger partial charge is 0.493 e. The van der Waals surface area contributed by atoms with Crippen LogP contribution < -0.4 is 14.8 Å². The number of halogens is 1. The number of benzene rings is 1. The summed E-state index contributed by atoms with van der Waals surface area (Å²) in [4.78, 5) is 10.9. The molecular weight excluding hydrogens is 258 g/mol. The number of methoxy groups -OCH3 is 3. The van der Waals surface area contributed by atoms with E-state index in [0.717, 1.165) is 5.56 Å². The Balaban J connectivity index is 0.00000289. The van der Waals surface area contributed by atoms with Crippen LogP contribution in [0.4, 0.5) is 0 Å². The van der Waals surface area contributed by atoms with Crippen LogP contribution in [0.15, 0.2) is 18.2 Å². The van der Waals surface area contributed by atoms with Gasteiger partial charge in [0.25, 0.3) is 0 Å². The van der Waals surface area contributed by atoms with Crippen molar-refractivity contribution in [1.82, 2.24) is 5.32 Å². The molecular formula is C12H18ClNO4. The van der Waals surface area contributed by atoms with E-state index in [2.05, 4.69) is 10.1 Å². The van der Waals surface area contributed by atoms with E-state index in [1.807, 2.05) is 18.2 Å². The zero-order valence-electron chi connectivity index (χ0n) is 10.7. The second kappa shape index (κ2) is 8.60. The van der Waals surface area contributed by atoms with Gasteiger partial charge in [0.15, 0.2) is 11.5 Å². The van der Waals surface area contributed by atoms with Gasteiger partial charge < -0.3 is 19.5 Å². The Kier molecular flexibility index (Phi) is 7.91. The highest BCUT2D eigenvalue weighted by Crippen LogP contribution is 2.27. The summed E-state index contributed by atoms with van der Waals surface area (Å²) < 4.78 is 14.8. The van der Waals surface area contributed by atoms with Gasteiger partial charge in [0.2, 0.25) is 0 Å². The summed E-state index contributed by atoms with van der Waals surface area (Å²) in [6.45, 7) is 0.750. The normalized spacial score (nSPS) is 9.28. The van der Waals surface area contributed by atoms with Gasteiger partial charge in [0.1, 0.15) is 0 Å². The maximum atomic E-state index is 10.9. The van der Waals surface area contributed by atoms with Crippen molar-refractivity contribution in [3.05, 3.63) is 23.8 Å². The van der Waals surface area contributed by atoms with E-state index in [4.69, 9.17) is 9.47 Å². The van der Waals surface area contributed by atoms with Crippen molar-refractivity contribution in [3.8, 4) is 11.5 Å². The highest BCUT2D eigenvalue weighted by molar-refractivity contribution is 5.85. The molecule has 1 aromatic carbocycles. The van der Waals surface area contributed by atoms with Crippen molar-refractivity contribution in [2.24, 2.45) is 0 Å². The van der Waals surface area contributed by atoms with Crippen LogP contribution in [0.3, 0.4) is 0 Å². The molecule has 1 rings (SSSR count). The third kappa shape index (κ3) is 4.81. The Hall–Kier alpha value is -1.46. The van der Waals surface area contributed by atoms with E-state index in [-0.39, 0.29) is 24.9 Å². The van der Waals surface area contributed by atoms with Crippen LogP contribution in [-0.4, -0.2) is 33.8 Å². The second-order valence-corrected chi connectivity index (χ2v) is 3.37. The number of rotatable bonds is 6. The molecule has 0 aliphatic rings. The molecule has 1 N–H and O–H groups in total. The van der Waals surface area contributed by atoms with Gasteiger partial charge in [0, 0.05) is 6.54 Å². The van der Waals surface area contributed by atoms with Gasteiger partial charge >= 0.3 is 5.97 Å². The maximum absolute atomic E-state index is 10.9. The molecule has 6 heteroatoms. The predicted octanol–water partition coefficient (Wildman–Crippen LogP) is 1.39. The molecule has 0 heterocycles. The molecule has 0 radical (unpaired) electrons. The number of carbonyl (C=O) groups is 1. The summed E-state index contributed by atoms with van der Waals surface area (Å²) in [6.07, 6.45) is 0. The lowest BCUT2D eigenvalue weighted by atomic mass is 10.2. The van der Waals surface area contributed by atoms with Crippen LogP contribution in [0.2, 0.25) is 0 Å². The number of ether oxygens (including phenoxy) is 3. The molecule has 0 bridgehead atoms. The van der Waals surface area contributed by atoms with Crippen molar-refractivity contribution in [1.29, 1.82) is 0 Å². The smallest absolute Gasteiger partial charge is 0.319 e. The van der Waals surface area contributed by atoms with Crippen LogP contribution >= 0.6 is 12.4 Å². The summed E-state index contributed by atoms with van der Waals surface area (Å²) in [5.74, 6) is 1.07. The molecule has 0 amide bonds. The van der Waals surface area contributed by atoms with E-state index in [9.17, 15) is 4.79 Å². The lowest BCUT2D eigenvalue weighted by Crippen LogP contribution is -2.23. The Bertz CT molecular complexity index is 384. The van der Waals surface area contributed by atoms with E-state index in [1.54, 1.807) is 14.2 Å². The number of nitrogens with one attached hydrogen (secondary N) is 1. The minimum Gasteiger partial charge on any atom is -0.493 e. The van der Waals surface area contributed by atoms with Crippen LogP contribution in [0.25, 0.3) is 0 Å². The standard InChI is InChI=1S/C12H17NO4.ClH/c1-15-10-5-4-9(6-11(10)16-2)7-13-8-12(14)17-3;/h4-6,13H,7-8H2,1-3H3;1H. The maximum Gasteiger partial charge on any atom is 0.319 e. The molecule has 1 aromatic rings. The first-order chi connectivity index (χ1) is 8.21. The minimum atomic E-state index is -0.287. The van der Waals surface area contributed by atoms with Gasteiger partial charge in [-0.05, 0) is 17.7 Å². The molecule has 0 aliphatic heterocycles. The van der Waals surface area contributed by atoms with Gasteiger partial charge in [-0.2, -0.15) is 0 Å². The van der Waals surface area contributed by atoms with Gasteiger partial charge in [0.05, 0.1) is 27.9 Å². The highest BCUT2D eigenvalue weighted by Gasteiger charge is 2.05. The molecule has 0 aromatic heterocycles. The van der Waals surface area contributed by atoms with Gasteiger partial charge in [-0.25, -0.2) is 0 Å². The first-order valence-corrected chi connectivity index (χ1v) is 5.19. The highest BCUT2D eigenvalue weighted by atomic mass is 35.5. The number of hydrogen-bond donors (Lipinski definition) is 1. The van der Waals surface area contributed by atoms with Crippen molar-refractivity contribution in [3.63, 3.8) is 0 Å². The van der Waals surface area contributed by atoms with Crippen molar-refractivity contribution in [2.45, 2.75) is 6.54 Å². The molecule has 5 nitrogen and oxygen atoms in total. The lowest BCUT2D eigenvalue weighted by Gasteiger charge is -2.09. The fourth-order valence-electron chi connectivity index (χ4n) is 1.37. The quantitative estimate of drug-likeness (QED) is 0.795. The molecule has 0 fully saturated rings. The number of hydrogen-bond acceptors (Lipinski definition) is 5. The minimum absolute atomic E-state index is 0. The Morgan fingerprint density at radius 1 is 1.17 bits per heavy atom. The number of carbonyl (C=O) groups excluding carboxylic acids is 1. The number of esters is 1. The van der Waals surface area contributed by atoms with Crippen molar-refractivity contribution in [2.75, 3.05) is 27.9 Å². The first-order valence-electron chi connectivity index (χ1n) is 5.19. The second-order valence-electron chi connectivity index (χ2n) is 3.37. The average molecular weight is 276 g/mol. The molecule has 102 valence electrons. The van der Waals surface area contributed by atoms with Crippen molar-refractivity contribution >= 4 is 18.4 Å². The van der Waals surface area contributed by atoms with Crippen LogP contribution in [0.5, 0.6) is 11.5 Å². The SMILES string of the molecule is COC(=O)CNCc1ccc(OC)c(OC)c1.Cl. The summed E-state index contributed by atoms with van der Waals surface area (Å²) in [7, 11) is 4.54. The zero-order chi connectivity index (χ0) is 12.7. The molecule has 0 spiro atoms. The Morgan fingerprint density at radius 2 is 1.83 bits per heavy atom. The van der Waals surface area contributed by atoms with Gasteiger partial charge in [-0.15, -0.1) is 12.4 Å². The van der Waals surface area contributed by atoms with Gasteiger partial charge in [-0.3, -0.25) is 4.79 Å². The van der Waals surface area contributed by atoms with E-state index < -0.39 is 0 Å². The Labute approximate surface area is 113 Å². The molecule has 0 saturated carbocycles.